The number of aromatic nitrogens is 2. The number of carbonyl (C=O) groups is 1. The van der Waals surface area contributed by atoms with Gasteiger partial charge in [-0.3, -0.25) is 4.79 Å². The van der Waals surface area contributed by atoms with Crippen molar-refractivity contribution in [1.29, 1.82) is 0 Å². The van der Waals surface area contributed by atoms with E-state index in [4.69, 9.17) is 4.74 Å². The topological polar surface area (TPSA) is 84.3 Å². The maximum absolute atomic E-state index is 12.5. The van der Waals surface area contributed by atoms with E-state index in [9.17, 15) is 9.90 Å². The summed E-state index contributed by atoms with van der Waals surface area (Å²) in [5.74, 6) is 0.960. The monoisotopic (exact) mass is 325 g/mol. The summed E-state index contributed by atoms with van der Waals surface area (Å²) in [6.45, 7) is 0.708. The van der Waals surface area contributed by atoms with Gasteiger partial charge in [0.1, 0.15) is 12.1 Å². The fourth-order valence-corrected chi connectivity index (χ4v) is 3.42. The number of benzene rings is 1. The molecule has 1 atom stereocenters. The Balaban J connectivity index is 1.59. The molecule has 2 aromatic rings. The Labute approximate surface area is 139 Å². The quantitative estimate of drug-likeness (QED) is 0.893. The van der Waals surface area contributed by atoms with Crippen molar-refractivity contribution in [2.45, 2.75) is 31.4 Å². The van der Waals surface area contributed by atoms with Gasteiger partial charge in [-0.1, -0.05) is 6.07 Å². The Morgan fingerprint density at radius 1 is 1.29 bits per heavy atom. The van der Waals surface area contributed by atoms with Crippen LogP contribution in [-0.4, -0.2) is 33.7 Å². The van der Waals surface area contributed by atoms with Gasteiger partial charge in [0.25, 0.3) is 5.91 Å². The number of hydrogen-bond acceptors (Lipinski definition) is 5. The summed E-state index contributed by atoms with van der Waals surface area (Å²) in [5, 5.41) is 12.8. The van der Waals surface area contributed by atoms with Crippen LogP contribution >= 0.6 is 0 Å². The molecule has 6 heteroatoms. The third kappa shape index (κ3) is 2.85. The zero-order chi connectivity index (χ0) is 16.5. The van der Waals surface area contributed by atoms with E-state index in [-0.39, 0.29) is 24.0 Å². The van der Waals surface area contributed by atoms with Crippen molar-refractivity contribution in [3.05, 3.63) is 53.6 Å². The van der Waals surface area contributed by atoms with E-state index in [2.05, 4.69) is 21.4 Å². The van der Waals surface area contributed by atoms with Crippen LogP contribution in [0.1, 0.15) is 40.4 Å². The number of aliphatic hydroxyl groups is 1. The van der Waals surface area contributed by atoms with Crippen molar-refractivity contribution < 1.29 is 14.6 Å². The Hall–Kier alpha value is -2.47. The molecule has 1 aliphatic carbocycles. The summed E-state index contributed by atoms with van der Waals surface area (Å²) in [6, 6.07) is 5.95. The number of amides is 1. The molecule has 1 aromatic carbocycles. The van der Waals surface area contributed by atoms with E-state index in [1.54, 1.807) is 0 Å². The average Bonchev–Trinajstić information content (AvgIpc) is 3.05. The third-order valence-corrected chi connectivity index (χ3v) is 4.80. The minimum absolute atomic E-state index is 0.132. The predicted molar refractivity (Wildman–Crippen MR) is 86.6 cm³/mol. The first-order chi connectivity index (χ1) is 11.7. The largest absolute Gasteiger partial charge is 0.493 e. The Morgan fingerprint density at radius 2 is 2.08 bits per heavy atom. The van der Waals surface area contributed by atoms with Crippen LogP contribution in [0.3, 0.4) is 0 Å². The van der Waals surface area contributed by atoms with E-state index >= 15 is 0 Å². The second kappa shape index (κ2) is 6.20. The fraction of sp³-hybridized carbons (Fsp3) is 0.389. The number of rotatable bonds is 4. The van der Waals surface area contributed by atoms with Gasteiger partial charge in [-0.2, -0.15) is 0 Å². The lowest BCUT2D eigenvalue weighted by molar-refractivity contribution is 0.0235. The Kier molecular flexibility index (Phi) is 3.90. The highest BCUT2D eigenvalue weighted by molar-refractivity contribution is 5.93. The van der Waals surface area contributed by atoms with Crippen LogP contribution in [0, 0.1) is 5.92 Å². The molecule has 4 rings (SSSR count). The van der Waals surface area contributed by atoms with Gasteiger partial charge in [-0.15, -0.1) is 0 Å². The van der Waals surface area contributed by atoms with Gasteiger partial charge >= 0.3 is 0 Å². The Bertz CT molecular complexity index is 744. The van der Waals surface area contributed by atoms with Crippen LogP contribution in [-0.2, 0) is 6.42 Å². The van der Waals surface area contributed by atoms with Crippen molar-refractivity contribution >= 4 is 5.91 Å². The van der Waals surface area contributed by atoms with Crippen LogP contribution < -0.4 is 10.1 Å². The minimum Gasteiger partial charge on any atom is -0.493 e. The number of fused-ring (bicyclic) bond motifs is 1. The fourth-order valence-electron chi connectivity index (χ4n) is 3.42. The molecule has 0 bridgehead atoms. The summed E-state index contributed by atoms with van der Waals surface area (Å²) in [4.78, 5) is 20.3. The summed E-state index contributed by atoms with van der Waals surface area (Å²) in [7, 11) is 0. The van der Waals surface area contributed by atoms with Crippen LogP contribution in [0.25, 0.3) is 0 Å². The van der Waals surface area contributed by atoms with Crippen molar-refractivity contribution in [1.82, 2.24) is 15.3 Å². The first-order valence-corrected chi connectivity index (χ1v) is 8.20. The molecule has 1 fully saturated rings. The van der Waals surface area contributed by atoms with Gasteiger partial charge in [0.2, 0.25) is 0 Å². The smallest absolute Gasteiger partial charge is 0.254 e. The number of carbonyl (C=O) groups excluding carboxylic acids is 1. The number of hydrogen-bond donors (Lipinski definition) is 2. The maximum atomic E-state index is 12.5. The Morgan fingerprint density at radius 3 is 2.83 bits per heavy atom. The normalized spacial score (nSPS) is 22.9. The first-order valence-electron chi connectivity index (χ1n) is 8.20. The lowest BCUT2D eigenvalue weighted by Crippen LogP contribution is -2.41. The number of nitrogens with one attached hydrogen (secondary N) is 1. The molecule has 1 aromatic heterocycles. The highest BCUT2D eigenvalue weighted by Gasteiger charge is 2.36. The van der Waals surface area contributed by atoms with Crippen molar-refractivity contribution in [2.75, 3.05) is 6.61 Å². The molecule has 124 valence electrons. The molecule has 2 N–H and O–H groups in total. The maximum Gasteiger partial charge on any atom is 0.254 e. The van der Waals surface area contributed by atoms with Gasteiger partial charge in [-0.05, 0) is 42.0 Å². The van der Waals surface area contributed by atoms with Gasteiger partial charge in [0.05, 0.1) is 24.3 Å². The molecular weight excluding hydrogens is 306 g/mol. The van der Waals surface area contributed by atoms with E-state index in [0.717, 1.165) is 17.7 Å². The molecule has 24 heavy (non-hydrogen) atoms. The van der Waals surface area contributed by atoms with E-state index in [1.165, 1.54) is 24.3 Å². The number of ether oxygens (including phenoxy) is 1. The lowest BCUT2D eigenvalue weighted by atomic mass is 9.74. The van der Waals surface area contributed by atoms with Gasteiger partial charge in [0, 0.05) is 18.8 Å². The first kappa shape index (κ1) is 15.1. The highest BCUT2D eigenvalue weighted by Crippen LogP contribution is 2.39. The molecule has 0 unspecified atom stereocenters. The zero-order valence-corrected chi connectivity index (χ0v) is 13.2. The molecule has 2 heterocycles. The van der Waals surface area contributed by atoms with Crippen LogP contribution in [0.2, 0.25) is 0 Å². The van der Waals surface area contributed by atoms with Crippen molar-refractivity contribution in [3.63, 3.8) is 0 Å². The van der Waals surface area contributed by atoms with E-state index < -0.39 is 0 Å². The average molecular weight is 325 g/mol. The van der Waals surface area contributed by atoms with Crippen molar-refractivity contribution in [2.24, 2.45) is 5.92 Å². The van der Waals surface area contributed by atoms with E-state index in [0.29, 0.717) is 25.0 Å². The minimum atomic E-state index is -0.271. The molecule has 0 saturated heterocycles. The summed E-state index contributed by atoms with van der Waals surface area (Å²) in [5.41, 5.74) is 2.67. The third-order valence-electron chi connectivity index (χ3n) is 4.80. The second-order valence-corrected chi connectivity index (χ2v) is 6.43. The molecule has 2 aliphatic rings. The van der Waals surface area contributed by atoms with E-state index in [1.807, 2.05) is 12.1 Å². The second-order valence-electron chi connectivity index (χ2n) is 6.43. The molecule has 0 spiro atoms. The van der Waals surface area contributed by atoms with Crippen LogP contribution in [0.15, 0.2) is 36.9 Å². The summed E-state index contributed by atoms with van der Waals surface area (Å²) < 4.78 is 5.56. The van der Waals surface area contributed by atoms with Gasteiger partial charge < -0.3 is 15.2 Å². The van der Waals surface area contributed by atoms with Gasteiger partial charge in [-0.25, -0.2) is 9.97 Å². The summed E-state index contributed by atoms with van der Waals surface area (Å²) in [6.07, 6.45) is 6.43. The molecule has 6 nitrogen and oxygen atoms in total. The molecule has 1 saturated carbocycles. The predicted octanol–water partition coefficient (Wildman–Crippen LogP) is 1.65. The zero-order valence-electron chi connectivity index (χ0n) is 13.2. The molecule has 1 amide bonds. The molecular formula is C18H19N3O3. The highest BCUT2D eigenvalue weighted by atomic mass is 16.5. The van der Waals surface area contributed by atoms with Gasteiger partial charge in [0.15, 0.2) is 0 Å². The molecule has 0 radical (unpaired) electrons. The SMILES string of the molecule is O=C(N[C@H](c1ccc2c(c1)CCO2)C1CC(O)C1)c1cncnc1. The number of aliphatic hydroxyl groups excluding tert-OH is 1. The van der Waals surface area contributed by atoms with Crippen LogP contribution in [0.4, 0.5) is 0 Å². The number of nitrogens with zero attached hydrogens (tertiary/aromatic N) is 2. The molecule has 1 aliphatic heterocycles. The standard InChI is InChI=1S/C18H19N3O3/c22-15-6-13(7-15)17(21-18(23)14-8-19-10-20-9-14)12-1-2-16-11(5-12)3-4-24-16/h1-2,5,8-10,13,15,17,22H,3-4,6-7H2,(H,21,23)/t13?,15?,17-/m1/s1. The lowest BCUT2D eigenvalue weighted by Gasteiger charge is -2.38. The van der Waals surface area contributed by atoms with Crippen LogP contribution in [0.5, 0.6) is 5.75 Å². The summed E-state index contributed by atoms with van der Waals surface area (Å²) >= 11 is 0. The van der Waals surface area contributed by atoms with Crippen molar-refractivity contribution in [3.8, 4) is 5.75 Å².